The minimum atomic E-state index is -0.116. The molecule has 0 spiro atoms. The van der Waals surface area contributed by atoms with Crippen molar-refractivity contribution in [3.8, 4) is 0 Å². The Morgan fingerprint density at radius 2 is 1.96 bits per heavy atom. The third-order valence-corrected chi connectivity index (χ3v) is 4.65. The standard InChI is InChI=1S/C19H15BrN2OS/c1-13(10-14-6-3-2-4-7-14)11-17-18(23)22-19(24-17)21-16-9-5-8-15(20)12-16/h2-12H,1H3,(H,21,22,23)/b13-10-,17-11-. The first-order valence-corrected chi connectivity index (χ1v) is 8.99. The fraction of sp³-hybridized carbons (Fsp3) is 0.0526. The predicted octanol–water partition coefficient (Wildman–Crippen LogP) is 5.29. The molecule has 24 heavy (non-hydrogen) atoms. The van der Waals surface area contributed by atoms with Crippen LogP contribution in [0.3, 0.4) is 0 Å². The van der Waals surface area contributed by atoms with E-state index in [1.807, 2.05) is 73.7 Å². The van der Waals surface area contributed by atoms with Crippen LogP contribution in [0.4, 0.5) is 5.69 Å². The van der Waals surface area contributed by atoms with Crippen LogP contribution in [0.1, 0.15) is 12.5 Å². The van der Waals surface area contributed by atoms with Crippen molar-refractivity contribution in [1.82, 2.24) is 5.32 Å². The van der Waals surface area contributed by atoms with E-state index >= 15 is 0 Å². The first-order chi connectivity index (χ1) is 11.6. The van der Waals surface area contributed by atoms with E-state index in [1.54, 1.807) is 0 Å². The number of hydrogen-bond acceptors (Lipinski definition) is 3. The molecule has 1 saturated heterocycles. The van der Waals surface area contributed by atoms with Crippen molar-refractivity contribution in [2.45, 2.75) is 6.92 Å². The first-order valence-electron chi connectivity index (χ1n) is 7.39. The fourth-order valence-corrected chi connectivity index (χ4v) is 3.48. The smallest absolute Gasteiger partial charge is 0.264 e. The number of allylic oxidation sites excluding steroid dienone is 2. The summed E-state index contributed by atoms with van der Waals surface area (Å²) >= 11 is 4.77. The van der Waals surface area contributed by atoms with Crippen molar-refractivity contribution < 1.29 is 4.79 Å². The van der Waals surface area contributed by atoms with Crippen molar-refractivity contribution >= 4 is 50.5 Å². The summed E-state index contributed by atoms with van der Waals surface area (Å²) in [6.07, 6.45) is 3.93. The number of halogens is 1. The van der Waals surface area contributed by atoms with Crippen molar-refractivity contribution in [3.63, 3.8) is 0 Å². The average molecular weight is 399 g/mol. The third kappa shape index (κ3) is 4.46. The molecule has 0 aliphatic carbocycles. The summed E-state index contributed by atoms with van der Waals surface area (Å²) in [6, 6.07) is 17.7. The second-order valence-electron chi connectivity index (χ2n) is 5.26. The number of amidine groups is 1. The van der Waals surface area contributed by atoms with Gasteiger partial charge in [0.05, 0.1) is 10.6 Å². The van der Waals surface area contributed by atoms with Crippen molar-refractivity contribution in [2.24, 2.45) is 4.99 Å². The number of aliphatic imine (C=N–C) groups is 1. The Hall–Kier alpha value is -2.11. The number of nitrogens with one attached hydrogen (secondary N) is 1. The zero-order valence-electron chi connectivity index (χ0n) is 13.0. The van der Waals surface area contributed by atoms with Gasteiger partial charge in [0.15, 0.2) is 5.17 Å². The van der Waals surface area contributed by atoms with Crippen LogP contribution in [0.2, 0.25) is 0 Å². The van der Waals surface area contributed by atoms with E-state index in [0.29, 0.717) is 10.1 Å². The van der Waals surface area contributed by atoms with Gasteiger partial charge in [0.1, 0.15) is 0 Å². The lowest BCUT2D eigenvalue weighted by molar-refractivity contribution is -0.115. The number of nitrogens with zero attached hydrogens (tertiary/aromatic N) is 1. The Labute approximate surface area is 153 Å². The molecule has 0 saturated carbocycles. The lowest BCUT2D eigenvalue weighted by Crippen LogP contribution is -2.19. The van der Waals surface area contributed by atoms with E-state index in [2.05, 4.69) is 26.2 Å². The molecule has 0 aromatic heterocycles. The highest BCUT2D eigenvalue weighted by molar-refractivity contribution is 9.10. The average Bonchev–Trinajstić information content (AvgIpc) is 2.87. The molecule has 1 N–H and O–H groups in total. The summed E-state index contributed by atoms with van der Waals surface area (Å²) < 4.78 is 0.955. The minimum absolute atomic E-state index is 0.116. The molecule has 3 nitrogen and oxygen atoms in total. The maximum absolute atomic E-state index is 12.1. The van der Waals surface area contributed by atoms with Gasteiger partial charge in [-0.1, -0.05) is 58.4 Å². The molecule has 1 aliphatic rings. The summed E-state index contributed by atoms with van der Waals surface area (Å²) in [4.78, 5) is 17.2. The van der Waals surface area contributed by atoms with Crippen LogP contribution in [-0.4, -0.2) is 11.1 Å². The van der Waals surface area contributed by atoms with Gasteiger partial charge < -0.3 is 5.32 Å². The number of carbonyl (C=O) groups excluding carboxylic acids is 1. The zero-order chi connectivity index (χ0) is 16.9. The third-order valence-electron chi connectivity index (χ3n) is 3.24. The van der Waals surface area contributed by atoms with Crippen LogP contribution in [-0.2, 0) is 4.79 Å². The van der Waals surface area contributed by atoms with Crippen LogP contribution in [0, 0.1) is 0 Å². The lowest BCUT2D eigenvalue weighted by Gasteiger charge is -1.97. The predicted molar refractivity (Wildman–Crippen MR) is 105 cm³/mol. The molecule has 3 rings (SSSR count). The normalized spacial score (nSPS) is 18.2. The molecule has 1 aliphatic heterocycles. The van der Waals surface area contributed by atoms with Gasteiger partial charge in [-0.25, -0.2) is 4.99 Å². The number of benzene rings is 2. The summed E-state index contributed by atoms with van der Waals surface area (Å²) in [5.41, 5.74) is 2.92. The summed E-state index contributed by atoms with van der Waals surface area (Å²) in [7, 11) is 0. The molecule has 0 unspecified atom stereocenters. The van der Waals surface area contributed by atoms with E-state index in [1.165, 1.54) is 11.8 Å². The molecule has 2 aromatic carbocycles. The molecule has 2 aromatic rings. The highest BCUT2D eigenvalue weighted by Crippen LogP contribution is 2.28. The highest BCUT2D eigenvalue weighted by atomic mass is 79.9. The number of carbonyl (C=O) groups is 1. The van der Waals surface area contributed by atoms with Gasteiger partial charge in [-0.05, 0) is 54.1 Å². The van der Waals surface area contributed by atoms with Crippen molar-refractivity contribution in [2.75, 3.05) is 0 Å². The molecule has 0 radical (unpaired) electrons. The van der Waals surface area contributed by atoms with Crippen LogP contribution in [0.25, 0.3) is 6.08 Å². The first kappa shape index (κ1) is 16.7. The second kappa shape index (κ2) is 7.64. The summed E-state index contributed by atoms with van der Waals surface area (Å²) in [6.45, 7) is 1.98. The summed E-state index contributed by atoms with van der Waals surface area (Å²) in [5, 5.41) is 3.40. The Morgan fingerprint density at radius 3 is 2.71 bits per heavy atom. The molecule has 1 amide bonds. The molecular formula is C19H15BrN2OS. The monoisotopic (exact) mass is 398 g/mol. The van der Waals surface area contributed by atoms with E-state index in [0.717, 1.165) is 21.3 Å². The van der Waals surface area contributed by atoms with Crippen LogP contribution < -0.4 is 5.32 Å². The fourth-order valence-electron chi connectivity index (χ4n) is 2.20. The molecule has 1 heterocycles. The quantitative estimate of drug-likeness (QED) is 0.713. The molecular weight excluding hydrogens is 384 g/mol. The Morgan fingerprint density at radius 1 is 1.17 bits per heavy atom. The Balaban J connectivity index is 1.78. The van der Waals surface area contributed by atoms with E-state index in [4.69, 9.17) is 0 Å². The van der Waals surface area contributed by atoms with Crippen LogP contribution >= 0.6 is 27.7 Å². The summed E-state index contributed by atoms with van der Waals surface area (Å²) in [5.74, 6) is -0.116. The molecule has 5 heteroatoms. The van der Waals surface area contributed by atoms with E-state index in [-0.39, 0.29) is 5.91 Å². The van der Waals surface area contributed by atoms with Gasteiger partial charge in [-0.15, -0.1) is 0 Å². The highest BCUT2D eigenvalue weighted by Gasteiger charge is 2.23. The largest absolute Gasteiger partial charge is 0.300 e. The minimum Gasteiger partial charge on any atom is -0.300 e. The molecule has 0 bridgehead atoms. The lowest BCUT2D eigenvalue weighted by atomic mass is 10.1. The Bertz CT molecular complexity index is 857. The van der Waals surface area contributed by atoms with E-state index in [9.17, 15) is 4.79 Å². The van der Waals surface area contributed by atoms with Crippen molar-refractivity contribution in [3.05, 3.63) is 81.2 Å². The van der Waals surface area contributed by atoms with Gasteiger partial charge in [0.25, 0.3) is 5.91 Å². The van der Waals surface area contributed by atoms with E-state index < -0.39 is 0 Å². The topological polar surface area (TPSA) is 41.5 Å². The number of thioether (sulfide) groups is 1. The number of amides is 1. The maximum atomic E-state index is 12.1. The zero-order valence-corrected chi connectivity index (χ0v) is 15.4. The second-order valence-corrected chi connectivity index (χ2v) is 7.21. The molecule has 1 fully saturated rings. The molecule has 120 valence electrons. The molecule has 0 atom stereocenters. The van der Waals surface area contributed by atoms with Crippen LogP contribution in [0.5, 0.6) is 0 Å². The number of rotatable bonds is 3. The Kier molecular flexibility index (Phi) is 5.33. The van der Waals surface area contributed by atoms with Gasteiger partial charge in [-0.2, -0.15) is 0 Å². The van der Waals surface area contributed by atoms with Gasteiger partial charge in [0.2, 0.25) is 0 Å². The van der Waals surface area contributed by atoms with Crippen molar-refractivity contribution in [1.29, 1.82) is 0 Å². The van der Waals surface area contributed by atoms with Gasteiger partial charge >= 0.3 is 0 Å². The van der Waals surface area contributed by atoms with Crippen LogP contribution in [0.15, 0.2) is 80.6 Å². The maximum Gasteiger partial charge on any atom is 0.264 e. The number of hydrogen-bond donors (Lipinski definition) is 1. The van der Waals surface area contributed by atoms with Gasteiger partial charge in [0, 0.05) is 4.47 Å². The van der Waals surface area contributed by atoms with Gasteiger partial charge in [-0.3, -0.25) is 4.79 Å². The SMILES string of the molecule is CC(=C/c1ccccc1)/C=C1\SC(=Nc2cccc(Br)c2)NC1=O.